The maximum Gasteiger partial charge on any atom is 0.318 e. The summed E-state index contributed by atoms with van der Waals surface area (Å²) in [4.78, 5) is 29.1. The van der Waals surface area contributed by atoms with Gasteiger partial charge in [0.05, 0.1) is 11.6 Å². The minimum absolute atomic E-state index is 0.217. The lowest BCUT2D eigenvalue weighted by atomic mass is 9.80. The number of hydrogen-bond acceptors (Lipinski definition) is 4. The monoisotopic (exact) mass is 295 g/mol. The van der Waals surface area contributed by atoms with Crippen LogP contribution in [0.25, 0.3) is 0 Å². The number of aliphatic carboxylic acids is 1. The first-order chi connectivity index (χ1) is 9.82. The Hall–Kier alpha value is -2.05. The summed E-state index contributed by atoms with van der Waals surface area (Å²) in [5.41, 5.74) is -0.734. The van der Waals surface area contributed by atoms with Crippen molar-refractivity contribution in [3.8, 4) is 0 Å². The second kappa shape index (κ2) is 5.75. The van der Waals surface area contributed by atoms with Crippen LogP contribution in [0, 0.1) is 12.3 Å². The summed E-state index contributed by atoms with van der Waals surface area (Å²) in [5.74, 6) is 0.362. The number of rotatable bonds is 3. The molecule has 1 atom stereocenters. The van der Waals surface area contributed by atoms with Crippen molar-refractivity contribution in [3.05, 3.63) is 17.8 Å². The maximum atomic E-state index is 12.2. The Kier molecular flexibility index (Phi) is 4.20. The number of piperidine rings is 1. The van der Waals surface area contributed by atoms with E-state index in [1.165, 1.54) is 0 Å². The van der Waals surface area contributed by atoms with Crippen LogP contribution in [0.2, 0.25) is 0 Å². The number of hydrogen-bond donors (Lipinski definition) is 2. The Balaban J connectivity index is 1.89. The Bertz CT molecular complexity index is 532. The molecule has 7 heteroatoms. The number of nitrogens with one attached hydrogen (secondary N) is 1. The highest BCUT2D eigenvalue weighted by Gasteiger charge is 2.38. The molecule has 0 saturated carbocycles. The summed E-state index contributed by atoms with van der Waals surface area (Å²) in [6.07, 6.45) is 2.53. The molecule has 7 nitrogen and oxygen atoms in total. The summed E-state index contributed by atoms with van der Waals surface area (Å²) in [5, 5.41) is 12.0. The van der Waals surface area contributed by atoms with Gasteiger partial charge in [0.15, 0.2) is 0 Å². The first-order valence-electron chi connectivity index (χ1n) is 7.03. The molecule has 1 unspecified atom stereocenters. The lowest BCUT2D eigenvalue weighted by Crippen LogP contribution is -2.49. The number of carboxylic acid groups (broad SMARTS) is 1. The molecule has 0 spiro atoms. The molecule has 2 amide bonds. The van der Waals surface area contributed by atoms with Crippen molar-refractivity contribution in [3.63, 3.8) is 0 Å². The summed E-state index contributed by atoms with van der Waals surface area (Å²) in [7, 11) is 0. The van der Waals surface area contributed by atoms with E-state index in [4.69, 9.17) is 4.42 Å². The van der Waals surface area contributed by atoms with Crippen LogP contribution in [0.1, 0.15) is 44.4 Å². The number of oxazole rings is 1. The molecule has 0 bridgehead atoms. The van der Waals surface area contributed by atoms with Gasteiger partial charge in [-0.2, -0.15) is 0 Å². The molecule has 1 saturated heterocycles. The quantitative estimate of drug-likeness (QED) is 0.888. The lowest BCUT2D eigenvalue weighted by Gasteiger charge is -2.36. The van der Waals surface area contributed by atoms with Gasteiger partial charge in [-0.1, -0.05) is 0 Å². The predicted molar refractivity (Wildman–Crippen MR) is 74.7 cm³/mol. The van der Waals surface area contributed by atoms with Crippen LogP contribution in [0.3, 0.4) is 0 Å². The van der Waals surface area contributed by atoms with E-state index in [9.17, 15) is 14.7 Å². The fraction of sp³-hybridized carbons (Fsp3) is 0.643. The molecule has 1 aliphatic rings. The van der Waals surface area contributed by atoms with E-state index in [1.54, 1.807) is 31.9 Å². The fourth-order valence-electron chi connectivity index (χ4n) is 2.33. The normalized spacial score (nSPS) is 19.1. The molecule has 0 radical (unpaired) electrons. The van der Waals surface area contributed by atoms with E-state index in [-0.39, 0.29) is 12.1 Å². The van der Waals surface area contributed by atoms with E-state index >= 15 is 0 Å². The van der Waals surface area contributed by atoms with Gasteiger partial charge in [-0.3, -0.25) is 4.79 Å². The van der Waals surface area contributed by atoms with Crippen molar-refractivity contribution in [1.82, 2.24) is 15.2 Å². The minimum Gasteiger partial charge on any atom is -0.481 e. The molecule has 1 aromatic rings. The zero-order valence-electron chi connectivity index (χ0n) is 12.5. The molecule has 2 N–H and O–H groups in total. The summed E-state index contributed by atoms with van der Waals surface area (Å²) >= 11 is 0. The van der Waals surface area contributed by atoms with E-state index in [0.29, 0.717) is 37.6 Å². The number of carbonyl (C=O) groups excluding carboxylic acids is 1. The van der Waals surface area contributed by atoms with Gasteiger partial charge in [0.1, 0.15) is 11.8 Å². The van der Waals surface area contributed by atoms with Gasteiger partial charge >= 0.3 is 12.0 Å². The van der Waals surface area contributed by atoms with Crippen LogP contribution in [-0.2, 0) is 4.79 Å². The third-order valence-electron chi connectivity index (χ3n) is 4.02. The molecule has 0 aliphatic carbocycles. The minimum atomic E-state index is -0.800. The van der Waals surface area contributed by atoms with Crippen LogP contribution < -0.4 is 5.32 Å². The van der Waals surface area contributed by atoms with Gasteiger partial charge in [-0.05, 0) is 33.6 Å². The average Bonchev–Trinajstić information content (AvgIpc) is 2.86. The van der Waals surface area contributed by atoms with Gasteiger partial charge in [0.2, 0.25) is 5.89 Å². The van der Waals surface area contributed by atoms with Crippen molar-refractivity contribution in [2.24, 2.45) is 5.41 Å². The summed E-state index contributed by atoms with van der Waals surface area (Å²) < 4.78 is 5.38. The Morgan fingerprint density at radius 2 is 2.10 bits per heavy atom. The van der Waals surface area contributed by atoms with Crippen molar-refractivity contribution in [2.75, 3.05) is 13.1 Å². The number of carboxylic acids is 1. The number of urea groups is 1. The third kappa shape index (κ3) is 3.34. The van der Waals surface area contributed by atoms with E-state index < -0.39 is 11.4 Å². The number of carbonyl (C=O) groups is 2. The lowest BCUT2D eigenvalue weighted by molar-refractivity contribution is -0.150. The zero-order valence-corrected chi connectivity index (χ0v) is 12.5. The Morgan fingerprint density at radius 1 is 1.48 bits per heavy atom. The van der Waals surface area contributed by atoms with E-state index in [1.807, 2.05) is 0 Å². The third-order valence-corrected chi connectivity index (χ3v) is 4.02. The molecule has 1 fully saturated rings. The van der Waals surface area contributed by atoms with Crippen LogP contribution in [0.4, 0.5) is 4.79 Å². The van der Waals surface area contributed by atoms with Crippen LogP contribution in [0.5, 0.6) is 0 Å². The molecule has 2 heterocycles. The number of aromatic nitrogens is 1. The highest BCUT2D eigenvalue weighted by Crippen LogP contribution is 2.31. The second-order valence-corrected chi connectivity index (χ2v) is 5.83. The van der Waals surface area contributed by atoms with Crippen LogP contribution in [-0.4, -0.2) is 40.1 Å². The summed E-state index contributed by atoms with van der Waals surface area (Å²) in [6, 6.07) is -0.537. The molecular weight excluding hydrogens is 274 g/mol. The largest absolute Gasteiger partial charge is 0.481 e. The molecule has 116 valence electrons. The van der Waals surface area contributed by atoms with Gasteiger partial charge in [-0.15, -0.1) is 0 Å². The molecule has 0 aromatic carbocycles. The van der Waals surface area contributed by atoms with Gasteiger partial charge in [-0.25, -0.2) is 9.78 Å². The highest BCUT2D eigenvalue weighted by molar-refractivity contribution is 5.77. The molecule has 21 heavy (non-hydrogen) atoms. The number of nitrogens with zero attached hydrogens (tertiary/aromatic N) is 2. The van der Waals surface area contributed by atoms with Gasteiger partial charge in [0, 0.05) is 13.1 Å². The molecule has 1 aliphatic heterocycles. The fourth-order valence-corrected chi connectivity index (χ4v) is 2.33. The second-order valence-electron chi connectivity index (χ2n) is 5.83. The molecule has 1 aromatic heterocycles. The van der Waals surface area contributed by atoms with E-state index in [0.717, 1.165) is 0 Å². The van der Waals surface area contributed by atoms with Gasteiger partial charge in [0.25, 0.3) is 0 Å². The number of likely N-dealkylation sites (tertiary alicyclic amines) is 1. The van der Waals surface area contributed by atoms with Crippen LogP contribution in [0.15, 0.2) is 10.6 Å². The first-order valence-corrected chi connectivity index (χ1v) is 7.03. The number of aryl methyl sites for hydroxylation is 1. The molecule has 2 rings (SSSR count). The van der Waals surface area contributed by atoms with Crippen molar-refractivity contribution < 1.29 is 19.1 Å². The average molecular weight is 295 g/mol. The maximum absolute atomic E-state index is 12.2. The molecular formula is C14H21N3O4. The van der Waals surface area contributed by atoms with Crippen molar-refractivity contribution >= 4 is 12.0 Å². The Labute approximate surface area is 123 Å². The topological polar surface area (TPSA) is 95.7 Å². The summed E-state index contributed by atoms with van der Waals surface area (Å²) in [6.45, 7) is 6.19. The standard InChI is InChI=1S/C14H21N3O4/c1-9-8-15-11(21-9)10(2)16-13(20)17-6-4-14(3,5-7-17)12(18)19/h8,10H,4-7H2,1-3H3,(H,16,20)(H,18,19). The van der Waals surface area contributed by atoms with Crippen molar-refractivity contribution in [1.29, 1.82) is 0 Å². The SMILES string of the molecule is Cc1cnc(C(C)NC(=O)N2CCC(C)(C(=O)O)CC2)o1. The van der Waals surface area contributed by atoms with E-state index in [2.05, 4.69) is 10.3 Å². The van der Waals surface area contributed by atoms with Crippen LogP contribution >= 0.6 is 0 Å². The van der Waals surface area contributed by atoms with Gasteiger partial charge < -0.3 is 19.7 Å². The smallest absolute Gasteiger partial charge is 0.318 e. The zero-order chi connectivity index (χ0) is 15.6. The van der Waals surface area contributed by atoms with Crippen molar-refractivity contribution in [2.45, 2.75) is 39.7 Å². The first kappa shape index (κ1) is 15.3. The Morgan fingerprint density at radius 3 is 2.57 bits per heavy atom. The highest BCUT2D eigenvalue weighted by atomic mass is 16.4. The predicted octanol–water partition coefficient (Wildman–Crippen LogP) is 1.94. The number of amides is 2.